The van der Waals surface area contributed by atoms with E-state index in [-0.39, 0.29) is 11.5 Å². The summed E-state index contributed by atoms with van der Waals surface area (Å²) in [7, 11) is 1.96. The van der Waals surface area contributed by atoms with Gasteiger partial charge in [0.1, 0.15) is 5.69 Å². The number of rotatable bonds is 7. The van der Waals surface area contributed by atoms with Crippen molar-refractivity contribution in [2.75, 3.05) is 49.6 Å². The molecule has 196 valence electrons. The minimum atomic E-state index is -0.149. The molecule has 3 heterocycles. The molecule has 8 nitrogen and oxygen atoms in total. The summed E-state index contributed by atoms with van der Waals surface area (Å²) < 4.78 is 1.47. The molecular formula is C30H34N6O2. The standard InChI is InChI=1S/C30H34N6O2/c1-33(14-12-24-7-5-6-13-31-24)28-27(21-32-36(30(28)38)25-8-3-2-4-9-25)34-15-17-35(18-16-34)29(37)26-20-22-10-11-23(26)19-22/h2-11,13,21-23,26H,12,14-20H2,1H3/t22-,23+,26?/m1/s1. The maximum absolute atomic E-state index is 13.9. The summed E-state index contributed by atoms with van der Waals surface area (Å²) in [6, 6.07) is 15.4. The van der Waals surface area contributed by atoms with Crippen LogP contribution in [0, 0.1) is 17.8 Å². The highest BCUT2D eigenvalue weighted by Crippen LogP contribution is 2.44. The predicted octanol–water partition coefficient (Wildman–Crippen LogP) is 3.17. The average molecular weight is 511 g/mol. The van der Waals surface area contributed by atoms with Crippen LogP contribution >= 0.6 is 0 Å². The Balaban J connectivity index is 1.23. The lowest BCUT2D eigenvalue weighted by atomic mass is 9.92. The van der Waals surface area contributed by atoms with Crippen molar-refractivity contribution in [2.24, 2.45) is 17.8 Å². The topological polar surface area (TPSA) is 74.6 Å². The van der Waals surface area contributed by atoms with Crippen LogP contribution in [0.25, 0.3) is 5.69 Å². The first-order chi connectivity index (χ1) is 18.6. The molecule has 0 radical (unpaired) electrons. The highest BCUT2D eigenvalue weighted by molar-refractivity contribution is 5.80. The smallest absolute Gasteiger partial charge is 0.297 e. The van der Waals surface area contributed by atoms with Crippen molar-refractivity contribution in [3.05, 3.63) is 89.1 Å². The number of pyridine rings is 1. The van der Waals surface area contributed by atoms with Crippen molar-refractivity contribution in [3.63, 3.8) is 0 Å². The van der Waals surface area contributed by atoms with Gasteiger partial charge in [-0.05, 0) is 48.9 Å². The van der Waals surface area contributed by atoms with Crippen molar-refractivity contribution in [1.29, 1.82) is 0 Å². The first-order valence-electron chi connectivity index (χ1n) is 13.6. The van der Waals surface area contributed by atoms with E-state index in [0.717, 1.165) is 36.3 Å². The number of nitrogens with zero attached hydrogens (tertiary/aromatic N) is 6. The van der Waals surface area contributed by atoms with Gasteiger partial charge in [0.2, 0.25) is 5.91 Å². The fourth-order valence-corrected chi connectivity index (χ4v) is 6.19. The van der Waals surface area contributed by atoms with E-state index in [2.05, 4.69) is 27.1 Å². The van der Waals surface area contributed by atoms with E-state index < -0.39 is 0 Å². The Hall–Kier alpha value is -3.94. The van der Waals surface area contributed by atoms with E-state index in [1.54, 1.807) is 12.4 Å². The first kappa shape index (κ1) is 24.4. The largest absolute Gasteiger partial charge is 0.368 e. The van der Waals surface area contributed by atoms with Gasteiger partial charge in [-0.3, -0.25) is 14.6 Å². The molecule has 3 aromatic rings. The van der Waals surface area contributed by atoms with Crippen molar-refractivity contribution < 1.29 is 4.79 Å². The van der Waals surface area contributed by atoms with E-state index in [1.165, 1.54) is 4.68 Å². The second-order valence-corrected chi connectivity index (χ2v) is 10.6. The summed E-state index contributed by atoms with van der Waals surface area (Å²) in [5.74, 6) is 1.44. The van der Waals surface area contributed by atoms with Gasteiger partial charge in [-0.2, -0.15) is 9.78 Å². The van der Waals surface area contributed by atoms with Gasteiger partial charge in [0.25, 0.3) is 5.56 Å². The van der Waals surface area contributed by atoms with Crippen LogP contribution in [0.5, 0.6) is 0 Å². The lowest BCUT2D eigenvalue weighted by Gasteiger charge is -2.39. The zero-order chi connectivity index (χ0) is 26.1. The van der Waals surface area contributed by atoms with Crippen LogP contribution in [0.15, 0.2) is 77.9 Å². The SMILES string of the molecule is CN(CCc1ccccn1)c1c(N2CCN(C(=O)C3C[C@@H]4C=C[C@H]3C4)CC2)cnn(-c2ccccc2)c1=O. The monoisotopic (exact) mass is 510 g/mol. The third-order valence-electron chi connectivity index (χ3n) is 8.27. The van der Waals surface area contributed by atoms with Crippen molar-refractivity contribution in [2.45, 2.75) is 19.3 Å². The van der Waals surface area contributed by atoms with Crippen LogP contribution in [-0.2, 0) is 11.2 Å². The summed E-state index contributed by atoms with van der Waals surface area (Å²) in [5.41, 5.74) is 3.02. The minimum absolute atomic E-state index is 0.140. The first-order valence-corrected chi connectivity index (χ1v) is 13.6. The number of hydrogen-bond acceptors (Lipinski definition) is 6. The number of allylic oxidation sites excluding steroid dienone is 2. The van der Waals surface area contributed by atoms with E-state index in [4.69, 9.17) is 0 Å². The molecule has 2 bridgehead atoms. The third-order valence-corrected chi connectivity index (χ3v) is 8.27. The average Bonchev–Trinajstić information content (AvgIpc) is 3.61. The number of aromatic nitrogens is 3. The molecule has 1 saturated heterocycles. The molecule has 1 saturated carbocycles. The van der Waals surface area contributed by atoms with Crippen molar-refractivity contribution >= 4 is 17.3 Å². The van der Waals surface area contributed by atoms with E-state index in [0.29, 0.717) is 56.2 Å². The molecule has 2 fully saturated rings. The zero-order valence-electron chi connectivity index (χ0n) is 21.8. The van der Waals surface area contributed by atoms with Crippen LogP contribution in [0.4, 0.5) is 11.4 Å². The fraction of sp³-hybridized carbons (Fsp3) is 0.400. The van der Waals surface area contributed by atoms with E-state index in [9.17, 15) is 9.59 Å². The van der Waals surface area contributed by atoms with Crippen molar-refractivity contribution in [1.82, 2.24) is 19.7 Å². The van der Waals surface area contributed by atoms with Gasteiger partial charge in [0.15, 0.2) is 0 Å². The molecule has 2 aliphatic carbocycles. The maximum atomic E-state index is 13.9. The summed E-state index contributed by atoms with van der Waals surface area (Å²) in [5, 5.41) is 4.56. The Kier molecular flexibility index (Phi) is 6.70. The molecule has 6 rings (SSSR count). The molecule has 38 heavy (non-hydrogen) atoms. The normalized spacial score (nSPS) is 22.2. The Morgan fingerprint density at radius 3 is 2.47 bits per heavy atom. The van der Waals surface area contributed by atoms with Gasteiger partial charge in [0.05, 0.1) is 17.6 Å². The van der Waals surface area contributed by atoms with E-state index in [1.807, 2.05) is 65.4 Å². The molecular weight excluding hydrogens is 476 g/mol. The second-order valence-electron chi connectivity index (χ2n) is 10.6. The Bertz CT molecular complexity index is 1360. The van der Waals surface area contributed by atoms with Crippen molar-refractivity contribution in [3.8, 4) is 5.69 Å². The summed E-state index contributed by atoms with van der Waals surface area (Å²) >= 11 is 0. The fourth-order valence-electron chi connectivity index (χ4n) is 6.19. The van der Waals surface area contributed by atoms with Gasteiger partial charge < -0.3 is 14.7 Å². The Labute approximate surface area is 223 Å². The van der Waals surface area contributed by atoms with Gasteiger partial charge >= 0.3 is 0 Å². The van der Waals surface area contributed by atoms with Crippen LogP contribution in [-0.4, -0.2) is 65.3 Å². The number of likely N-dealkylation sites (N-methyl/N-ethyl adjacent to an activating group) is 1. The van der Waals surface area contributed by atoms with Gasteiger partial charge in [-0.1, -0.05) is 36.4 Å². The van der Waals surface area contributed by atoms with Gasteiger partial charge in [-0.25, -0.2) is 0 Å². The Morgan fingerprint density at radius 1 is 1.00 bits per heavy atom. The van der Waals surface area contributed by atoms with Crippen LogP contribution < -0.4 is 15.4 Å². The number of piperazine rings is 1. The summed E-state index contributed by atoms with van der Waals surface area (Å²) in [6.07, 6.45) is 11.0. The molecule has 0 spiro atoms. The molecule has 2 aromatic heterocycles. The number of carbonyl (C=O) groups excluding carboxylic acids is 1. The number of benzene rings is 1. The van der Waals surface area contributed by atoms with Crippen LogP contribution in [0.2, 0.25) is 0 Å². The molecule has 1 aromatic carbocycles. The highest BCUT2D eigenvalue weighted by atomic mass is 16.2. The molecule has 3 atom stereocenters. The third kappa shape index (κ3) is 4.71. The predicted molar refractivity (Wildman–Crippen MR) is 149 cm³/mol. The number of hydrogen-bond donors (Lipinski definition) is 0. The molecule has 3 aliphatic rings. The lowest BCUT2D eigenvalue weighted by molar-refractivity contribution is -0.136. The van der Waals surface area contributed by atoms with Crippen LogP contribution in [0.3, 0.4) is 0 Å². The minimum Gasteiger partial charge on any atom is -0.368 e. The quantitative estimate of drug-likeness (QED) is 0.455. The molecule has 0 N–H and O–H groups in total. The number of carbonyl (C=O) groups is 1. The maximum Gasteiger partial charge on any atom is 0.297 e. The number of para-hydroxylation sites is 1. The van der Waals surface area contributed by atoms with E-state index >= 15 is 0 Å². The number of anilines is 2. The zero-order valence-corrected chi connectivity index (χ0v) is 21.8. The van der Waals surface area contributed by atoms with Gasteiger partial charge in [0, 0.05) is 64.0 Å². The molecule has 1 aliphatic heterocycles. The molecule has 8 heteroatoms. The van der Waals surface area contributed by atoms with Crippen LogP contribution in [0.1, 0.15) is 18.5 Å². The summed E-state index contributed by atoms with van der Waals surface area (Å²) in [4.78, 5) is 37.8. The second kappa shape index (κ2) is 10.4. The number of amides is 1. The summed E-state index contributed by atoms with van der Waals surface area (Å²) in [6.45, 7) is 3.33. The Morgan fingerprint density at radius 2 is 1.79 bits per heavy atom. The highest BCUT2D eigenvalue weighted by Gasteiger charge is 2.42. The molecule has 1 amide bonds. The van der Waals surface area contributed by atoms with Gasteiger partial charge in [-0.15, -0.1) is 0 Å². The lowest BCUT2D eigenvalue weighted by Crippen LogP contribution is -2.51. The number of fused-ring (bicyclic) bond motifs is 2. The molecule has 1 unspecified atom stereocenters.